The summed E-state index contributed by atoms with van der Waals surface area (Å²) in [5, 5.41) is 12.6. The molecular weight excluding hydrogens is 510 g/mol. The molecule has 202 valence electrons. The maximum absolute atomic E-state index is 9.59. The highest BCUT2D eigenvalue weighted by molar-refractivity contribution is 6.36. The van der Waals surface area contributed by atoms with Crippen LogP contribution in [0.1, 0.15) is 30.5 Å². The van der Waals surface area contributed by atoms with Crippen LogP contribution in [0, 0.1) is 17.4 Å². The number of nitrogens with zero attached hydrogens (tertiary/aromatic N) is 7. The number of hydrogen-bond acceptors (Lipinski definition) is 8. The Balaban J connectivity index is 1.23. The first-order valence-electron chi connectivity index (χ1n) is 14.1. The summed E-state index contributed by atoms with van der Waals surface area (Å²) in [6, 6.07) is 13.9. The number of benzene rings is 2. The maximum atomic E-state index is 9.59. The van der Waals surface area contributed by atoms with Gasteiger partial charge in [0.2, 0.25) is 0 Å². The van der Waals surface area contributed by atoms with Crippen LogP contribution in [0.25, 0.3) is 10.8 Å². The minimum atomic E-state index is 0.269. The summed E-state index contributed by atoms with van der Waals surface area (Å²) >= 11 is 6.69. The number of halogens is 1. The molecule has 9 heteroatoms. The van der Waals surface area contributed by atoms with Crippen molar-refractivity contribution in [1.82, 2.24) is 19.8 Å². The molecule has 0 spiro atoms. The zero-order valence-corrected chi connectivity index (χ0v) is 23.3. The molecule has 3 saturated heterocycles. The second kappa shape index (κ2) is 9.72. The fourth-order valence-corrected chi connectivity index (χ4v) is 7.55. The third kappa shape index (κ3) is 4.14. The highest BCUT2D eigenvalue weighted by Crippen LogP contribution is 2.45. The predicted molar refractivity (Wildman–Crippen MR) is 153 cm³/mol. The smallest absolute Gasteiger partial charge is 0.318 e. The molecule has 4 atom stereocenters. The fraction of sp³-hybridized carbons (Fsp3) is 0.500. The maximum Gasteiger partial charge on any atom is 0.318 e. The van der Waals surface area contributed by atoms with E-state index in [-0.39, 0.29) is 6.04 Å². The van der Waals surface area contributed by atoms with Gasteiger partial charge in [0.15, 0.2) is 6.19 Å². The third-order valence-electron chi connectivity index (χ3n) is 9.43. The summed E-state index contributed by atoms with van der Waals surface area (Å²) in [6.45, 7) is 4.07. The number of rotatable bonds is 6. The molecule has 4 aliphatic heterocycles. The number of likely N-dealkylation sites (tertiary alicyclic amines) is 1. The van der Waals surface area contributed by atoms with Crippen molar-refractivity contribution in [2.75, 3.05) is 50.1 Å². The van der Waals surface area contributed by atoms with Crippen LogP contribution >= 0.6 is 11.6 Å². The molecular formula is C30H34ClN7O. The van der Waals surface area contributed by atoms with Crippen molar-refractivity contribution in [2.24, 2.45) is 5.92 Å². The van der Waals surface area contributed by atoms with Gasteiger partial charge in [-0.05, 0) is 56.8 Å². The van der Waals surface area contributed by atoms with E-state index in [0.29, 0.717) is 37.2 Å². The lowest BCUT2D eigenvalue weighted by molar-refractivity contribution is 0.187. The van der Waals surface area contributed by atoms with Crippen molar-refractivity contribution in [3.05, 3.63) is 52.7 Å². The molecule has 0 amide bonds. The van der Waals surface area contributed by atoms with E-state index in [1.807, 2.05) is 17.0 Å². The number of likely N-dealkylation sites (N-methyl/N-ethyl adjacent to an activating group) is 2. The lowest BCUT2D eigenvalue weighted by atomic mass is 9.79. The van der Waals surface area contributed by atoms with Crippen molar-refractivity contribution in [2.45, 2.75) is 50.4 Å². The lowest BCUT2D eigenvalue weighted by Gasteiger charge is -2.43. The summed E-state index contributed by atoms with van der Waals surface area (Å²) in [7, 11) is 4.30. The minimum absolute atomic E-state index is 0.269. The average molecular weight is 544 g/mol. The Morgan fingerprint density at radius 2 is 2.03 bits per heavy atom. The van der Waals surface area contributed by atoms with Crippen molar-refractivity contribution >= 4 is 33.9 Å². The van der Waals surface area contributed by atoms with Crippen LogP contribution in [-0.4, -0.2) is 78.2 Å². The molecule has 0 N–H and O–H groups in total. The van der Waals surface area contributed by atoms with E-state index in [2.05, 4.69) is 59.3 Å². The molecule has 5 aliphatic rings. The van der Waals surface area contributed by atoms with Crippen molar-refractivity contribution in [3.8, 4) is 12.2 Å². The van der Waals surface area contributed by atoms with Gasteiger partial charge in [-0.1, -0.05) is 35.9 Å². The van der Waals surface area contributed by atoms with E-state index in [9.17, 15) is 5.26 Å². The minimum Gasteiger partial charge on any atom is -0.462 e. The van der Waals surface area contributed by atoms with Gasteiger partial charge >= 0.3 is 6.01 Å². The number of aromatic nitrogens is 2. The van der Waals surface area contributed by atoms with Crippen molar-refractivity contribution in [1.29, 1.82) is 5.26 Å². The third-order valence-corrected chi connectivity index (χ3v) is 9.75. The first-order valence-corrected chi connectivity index (χ1v) is 14.4. The zero-order valence-electron chi connectivity index (χ0n) is 22.6. The summed E-state index contributed by atoms with van der Waals surface area (Å²) in [5.41, 5.74) is 3.34. The molecule has 3 aromatic rings. The van der Waals surface area contributed by atoms with E-state index in [1.54, 1.807) is 0 Å². The molecule has 5 heterocycles. The van der Waals surface area contributed by atoms with Crippen molar-refractivity contribution in [3.63, 3.8) is 0 Å². The second-order valence-corrected chi connectivity index (χ2v) is 12.0. The van der Waals surface area contributed by atoms with Gasteiger partial charge in [-0.15, -0.1) is 0 Å². The monoisotopic (exact) mass is 543 g/mol. The normalized spacial score (nSPS) is 25.9. The van der Waals surface area contributed by atoms with Crippen LogP contribution < -0.4 is 14.5 Å². The van der Waals surface area contributed by atoms with Gasteiger partial charge < -0.3 is 24.3 Å². The molecule has 3 unspecified atom stereocenters. The van der Waals surface area contributed by atoms with Crippen LogP contribution in [0.4, 0.5) is 11.5 Å². The van der Waals surface area contributed by atoms with Crippen LogP contribution in [0.2, 0.25) is 5.02 Å². The number of hydrogen-bond donors (Lipinski definition) is 0. The molecule has 2 aromatic carbocycles. The van der Waals surface area contributed by atoms with Gasteiger partial charge in [-0.25, -0.2) is 0 Å². The van der Waals surface area contributed by atoms with Gasteiger partial charge in [0.25, 0.3) is 0 Å². The van der Waals surface area contributed by atoms with Crippen LogP contribution in [0.3, 0.4) is 0 Å². The SMILES string of the molecule is CN(c1nc(OC[C@@H]2CCCN2C)nc2c1CCN(c1cccc3cccc(Cl)c13)C2)C1C2CC1N(C#N)C2. The molecule has 2 bridgehead atoms. The lowest BCUT2D eigenvalue weighted by Crippen LogP contribution is -2.53. The standard InChI is InChI=1S/C30H34ClN7O/c1-35-12-5-8-21(35)17-39-30-33-24-16-37(25-10-4-7-19-6-3-9-23(31)27(19)25)13-11-22(24)29(34-30)36(2)28-20-14-26(28)38(15-20)18-32/h3-4,6-7,9-10,20-21,26,28H,5,8,11-17H2,1-2H3/t20?,21-,26?,28?/m0/s1. The average Bonchev–Trinajstić information content (AvgIpc) is 3.66. The van der Waals surface area contributed by atoms with Gasteiger partial charge in [0, 0.05) is 48.7 Å². The Bertz CT molecular complexity index is 1450. The summed E-state index contributed by atoms with van der Waals surface area (Å²) in [5.74, 6) is 1.46. The fourth-order valence-electron chi connectivity index (χ4n) is 7.27. The topological polar surface area (TPSA) is 71.8 Å². The van der Waals surface area contributed by atoms with Gasteiger partial charge in [0.1, 0.15) is 12.4 Å². The number of fused-ring (bicyclic) bond motifs is 3. The van der Waals surface area contributed by atoms with Gasteiger partial charge in [0.05, 0.1) is 29.3 Å². The highest BCUT2D eigenvalue weighted by Gasteiger charge is 2.54. The molecule has 0 radical (unpaired) electrons. The summed E-state index contributed by atoms with van der Waals surface area (Å²) in [6.07, 6.45) is 6.65. The van der Waals surface area contributed by atoms with E-state index in [4.69, 9.17) is 26.3 Å². The summed E-state index contributed by atoms with van der Waals surface area (Å²) < 4.78 is 6.30. The Kier molecular flexibility index (Phi) is 6.17. The Morgan fingerprint density at radius 3 is 2.79 bits per heavy atom. The van der Waals surface area contributed by atoms with E-state index >= 15 is 0 Å². The zero-order chi connectivity index (χ0) is 26.7. The van der Waals surface area contributed by atoms with Crippen molar-refractivity contribution < 1.29 is 4.74 Å². The molecule has 4 fully saturated rings. The molecule has 1 aromatic heterocycles. The van der Waals surface area contributed by atoms with Crippen LogP contribution in [0.5, 0.6) is 6.01 Å². The molecule has 1 saturated carbocycles. The second-order valence-electron chi connectivity index (χ2n) is 11.5. The van der Waals surface area contributed by atoms with E-state index in [1.165, 1.54) is 12.0 Å². The van der Waals surface area contributed by atoms with Gasteiger partial charge in [-0.2, -0.15) is 15.2 Å². The summed E-state index contributed by atoms with van der Waals surface area (Å²) in [4.78, 5) is 19.0. The van der Waals surface area contributed by atoms with E-state index in [0.717, 1.165) is 71.9 Å². The van der Waals surface area contributed by atoms with Crippen LogP contribution in [-0.2, 0) is 13.0 Å². The number of anilines is 2. The first-order chi connectivity index (χ1) is 19.0. The van der Waals surface area contributed by atoms with Crippen LogP contribution in [0.15, 0.2) is 36.4 Å². The number of nitriles is 1. The first kappa shape index (κ1) is 24.7. The Hall–Kier alpha value is -3.28. The molecule has 8 rings (SSSR count). The Morgan fingerprint density at radius 1 is 1.18 bits per heavy atom. The molecule has 39 heavy (non-hydrogen) atoms. The predicted octanol–water partition coefficient (Wildman–Crippen LogP) is 4.31. The van der Waals surface area contributed by atoms with Gasteiger partial charge in [-0.3, -0.25) is 0 Å². The largest absolute Gasteiger partial charge is 0.462 e. The highest BCUT2D eigenvalue weighted by atomic mass is 35.5. The number of ether oxygens (including phenoxy) is 1. The quantitative estimate of drug-likeness (QED) is 0.426. The molecule has 8 nitrogen and oxygen atoms in total. The Labute approximate surface area is 234 Å². The molecule has 1 aliphatic carbocycles. The van der Waals surface area contributed by atoms with E-state index < -0.39 is 0 Å².